The van der Waals surface area contributed by atoms with Crippen LogP contribution in [-0.4, -0.2) is 41.0 Å². The van der Waals surface area contributed by atoms with Crippen LogP contribution in [0.15, 0.2) is 17.5 Å². The standard InChI is InChI=1S/C9H13N5O/c1-3-14-6-12-13-9(14)8-10-4-7(15-2)5-11-8/h4-5,12H,3,6H2,1-2H3. The van der Waals surface area contributed by atoms with Gasteiger partial charge in [0.15, 0.2) is 17.4 Å². The fourth-order valence-corrected chi connectivity index (χ4v) is 1.33. The van der Waals surface area contributed by atoms with Crippen molar-refractivity contribution in [1.82, 2.24) is 20.3 Å². The molecule has 0 aromatic carbocycles. The summed E-state index contributed by atoms with van der Waals surface area (Å²) in [6, 6.07) is 0. The Morgan fingerprint density at radius 1 is 1.47 bits per heavy atom. The van der Waals surface area contributed by atoms with Gasteiger partial charge in [0.2, 0.25) is 0 Å². The Morgan fingerprint density at radius 3 is 2.80 bits per heavy atom. The van der Waals surface area contributed by atoms with Crippen molar-refractivity contribution in [2.75, 3.05) is 20.3 Å². The molecule has 2 rings (SSSR count). The number of hydrogen-bond donors (Lipinski definition) is 1. The molecule has 1 aromatic rings. The number of hydrogen-bond acceptors (Lipinski definition) is 6. The summed E-state index contributed by atoms with van der Waals surface area (Å²) >= 11 is 0. The lowest BCUT2D eigenvalue weighted by Gasteiger charge is -2.14. The van der Waals surface area contributed by atoms with Gasteiger partial charge in [-0.05, 0) is 6.92 Å². The first kappa shape index (κ1) is 9.70. The van der Waals surface area contributed by atoms with Crippen LogP contribution in [0.4, 0.5) is 0 Å². The van der Waals surface area contributed by atoms with E-state index in [1.165, 1.54) is 0 Å². The minimum atomic E-state index is 0.614. The lowest BCUT2D eigenvalue weighted by Crippen LogP contribution is -2.30. The number of rotatable bonds is 3. The van der Waals surface area contributed by atoms with Crippen LogP contribution in [0, 0.1) is 0 Å². The van der Waals surface area contributed by atoms with Crippen molar-refractivity contribution >= 4 is 5.84 Å². The summed E-state index contributed by atoms with van der Waals surface area (Å²) in [6.45, 7) is 3.65. The lowest BCUT2D eigenvalue weighted by molar-refractivity contribution is 0.410. The number of ether oxygens (including phenoxy) is 1. The molecule has 0 saturated carbocycles. The Kier molecular flexibility index (Phi) is 2.66. The molecule has 80 valence electrons. The Labute approximate surface area is 88.0 Å². The second-order valence-corrected chi connectivity index (χ2v) is 3.05. The van der Waals surface area contributed by atoms with Gasteiger partial charge in [-0.2, -0.15) is 5.10 Å². The van der Waals surface area contributed by atoms with E-state index in [0.717, 1.165) is 12.4 Å². The molecule has 0 amide bonds. The molecule has 0 unspecified atom stereocenters. The number of nitrogens with zero attached hydrogens (tertiary/aromatic N) is 4. The maximum absolute atomic E-state index is 4.99. The molecule has 6 nitrogen and oxygen atoms in total. The predicted molar refractivity (Wildman–Crippen MR) is 55.5 cm³/mol. The van der Waals surface area contributed by atoms with Crippen LogP contribution in [0.1, 0.15) is 12.7 Å². The minimum Gasteiger partial charge on any atom is -0.494 e. The lowest BCUT2D eigenvalue weighted by atomic mass is 10.4. The van der Waals surface area contributed by atoms with Gasteiger partial charge in [0.1, 0.15) is 6.67 Å². The number of hydrazone groups is 1. The van der Waals surface area contributed by atoms with Crippen LogP contribution >= 0.6 is 0 Å². The van der Waals surface area contributed by atoms with Crippen LogP contribution in [0.3, 0.4) is 0 Å². The van der Waals surface area contributed by atoms with E-state index >= 15 is 0 Å². The normalized spacial score (nSPS) is 14.8. The van der Waals surface area contributed by atoms with Crippen LogP contribution in [0.2, 0.25) is 0 Å². The van der Waals surface area contributed by atoms with Gasteiger partial charge in [-0.1, -0.05) is 0 Å². The van der Waals surface area contributed by atoms with Gasteiger partial charge in [0, 0.05) is 6.54 Å². The van der Waals surface area contributed by atoms with Crippen molar-refractivity contribution < 1.29 is 4.74 Å². The molecule has 1 aliphatic rings. The molecule has 1 N–H and O–H groups in total. The number of nitrogens with one attached hydrogen (secondary N) is 1. The Morgan fingerprint density at radius 2 is 2.20 bits per heavy atom. The molecular weight excluding hydrogens is 194 g/mol. The molecule has 0 bridgehead atoms. The zero-order valence-corrected chi connectivity index (χ0v) is 8.77. The van der Waals surface area contributed by atoms with E-state index in [0.29, 0.717) is 18.2 Å². The second-order valence-electron chi connectivity index (χ2n) is 3.05. The quantitative estimate of drug-likeness (QED) is 0.757. The van der Waals surface area contributed by atoms with Gasteiger partial charge >= 0.3 is 0 Å². The molecule has 0 spiro atoms. The fraction of sp³-hybridized carbons (Fsp3) is 0.444. The van der Waals surface area contributed by atoms with Crippen LogP contribution in [0.25, 0.3) is 0 Å². The van der Waals surface area contributed by atoms with Gasteiger partial charge in [-0.3, -0.25) is 5.43 Å². The van der Waals surface area contributed by atoms with E-state index in [1.807, 2.05) is 0 Å². The van der Waals surface area contributed by atoms with E-state index in [4.69, 9.17) is 4.74 Å². The topological polar surface area (TPSA) is 62.6 Å². The molecule has 15 heavy (non-hydrogen) atoms. The van der Waals surface area contributed by atoms with Gasteiger partial charge in [-0.15, -0.1) is 0 Å². The maximum Gasteiger partial charge on any atom is 0.197 e. The van der Waals surface area contributed by atoms with Gasteiger partial charge in [0.25, 0.3) is 0 Å². The van der Waals surface area contributed by atoms with Gasteiger partial charge in [-0.25, -0.2) is 9.97 Å². The molecule has 0 aliphatic carbocycles. The van der Waals surface area contributed by atoms with Crippen molar-refractivity contribution in [3.8, 4) is 5.75 Å². The number of methoxy groups -OCH3 is 1. The number of aromatic nitrogens is 2. The fourth-order valence-electron chi connectivity index (χ4n) is 1.33. The molecule has 0 saturated heterocycles. The van der Waals surface area contributed by atoms with E-state index in [1.54, 1.807) is 19.5 Å². The first-order chi connectivity index (χ1) is 7.35. The zero-order chi connectivity index (χ0) is 10.7. The van der Waals surface area contributed by atoms with Crippen molar-refractivity contribution in [2.45, 2.75) is 6.92 Å². The Hall–Kier alpha value is -1.85. The third kappa shape index (κ3) is 1.83. The number of amidine groups is 1. The minimum absolute atomic E-state index is 0.614. The highest BCUT2D eigenvalue weighted by Gasteiger charge is 2.19. The highest BCUT2D eigenvalue weighted by Crippen LogP contribution is 2.08. The van der Waals surface area contributed by atoms with Crippen molar-refractivity contribution in [3.05, 3.63) is 18.2 Å². The monoisotopic (exact) mass is 207 g/mol. The van der Waals surface area contributed by atoms with Crippen molar-refractivity contribution in [3.63, 3.8) is 0 Å². The Bertz CT molecular complexity index is 361. The van der Waals surface area contributed by atoms with Gasteiger partial charge in [0.05, 0.1) is 19.5 Å². The van der Waals surface area contributed by atoms with Gasteiger partial charge < -0.3 is 9.64 Å². The maximum atomic E-state index is 4.99. The zero-order valence-electron chi connectivity index (χ0n) is 8.77. The summed E-state index contributed by atoms with van der Waals surface area (Å²) < 4.78 is 4.99. The Balaban J connectivity index is 2.22. The summed E-state index contributed by atoms with van der Waals surface area (Å²) in [5, 5.41) is 4.14. The molecule has 6 heteroatoms. The average Bonchev–Trinajstić information content (AvgIpc) is 2.77. The summed E-state index contributed by atoms with van der Waals surface area (Å²) in [5.41, 5.74) is 2.90. The summed E-state index contributed by atoms with van der Waals surface area (Å²) in [6.07, 6.45) is 3.27. The van der Waals surface area contributed by atoms with Crippen LogP contribution in [0.5, 0.6) is 5.75 Å². The summed E-state index contributed by atoms with van der Waals surface area (Å²) in [5.74, 6) is 2.04. The van der Waals surface area contributed by atoms with E-state index in [2.05, 4.69) is 32.3 Å². The van der Waals surface area contributed by atoms with E-state index < -0.39 is 0 Å². The average molecular weight is 207 g/mol. The molecule has 0 fully saturated rings. The third-order valence-electron chi connectivity index (χ3n) is 2.19. The van der Waals surface area contributed by atoms with E-state index in [-0.39, 0.29) is 0 Å². The van der Waals surface area contributed by atoms with Crippen LogP contribution in [-0.2, 0) is 0 Å². The molecule has 0 radical (unpaired) electrons. The van der Waals surface area contributed by atoms with Crippen LogP contribution < -0.4 is 10.2 Å². The highest BCUT2D eigenvalue weighted by atomic mass is 16.5. The van der Waals surface area contributed by atoms with E-state index in [9.17, 15) is 0 Å². The first-order valence-corrected chi connectivity index (χ1v) is 4.77. The van der Waals surface area contributed by atoms with Crippen molar-refractivity contribution in [2.24, 2.45) is 5.10 Å². The highest BCUT2D eigenvalue weighted by molar-refractivity contribution is 5.96. The third-order valence-corrected chi connectivity index (χ3v) is 2.19. The summed E-state index contributed by atoms with van der Waals surface area (Å²) in [7, 11) is 1.59. The molecule has 1 aliphatic heterocycles. The molecule has 1 aromatic heterocycles. The second kappa shape index (κ2) is 4.12. The molecule has 0 atom stereocenters. The smallest absolute Gasteiger partial charge is 0.197 e. The molecule has 2 heterocycles. The first-order valence-electron chi connectivity index (χ1n) is 4.77. The van der Waals surface area contributed by atoms with Crippen molar-refractivity contribution in [1.29, 1.82) is 0 Å². The largest absolute Gasteiger partial charge is 0.494 e. The summed E-state index contributed by atoms with van der Waals surface area (Å²) in [4.78, 5) is 10.4. The molecular formula is C9H13N5O. The SMILES string of the molecule is CCN1CNN=C1c1ncc(OC)cn1. The predicted octanol–water partition coefficient (Wildman–Crippen LogP) is 0.0294.